The Morgan fingerprint density at radius 3 is 3.06 bits per heavy atom. The zero-order valence-electron chi connectivity index (χ0n) is 10.1. The Kier molecular flexibility index (Phi) is 3.74. The molecule has 0 bridgehead atoms. The molecule has 17 heavy (non-hydrogen) atoms. The van der Waals surface area contributed by atoms with E-state index >= 15 is 0 Å². The molecule has 3 nitrogen and oxygen atoms in total. The van der Waals surface area contributed by atoms with Gasteiger partial charge in [0.15, 0.2) is 0 Å². The summed E-state index contributed by atoms with van der Waals surface area (Å²) in [4.78, 5) is 18.1. The van der Waals surface area contributed by atoms with Crippen LogP contribution in [0, 0.1) is 0 Å². The van der Waals surface area contributed by atoms with Crippen molar-refractivity contribution in [3.63, 3.8) is 0 Å². The molecule has 0 aliphatic carbocycles. The summed E-state index contributed by atoms with van der Waals surface area (Å²) in [5, 5.41) is 0. The lowest BCUT2D eigenvalue weighted by Gasteiger charge is -2.16. The van der Waals surface area contributed by atoms with E-state index in [1.54, 1.807) is 21.7 Å². The molecule has 0 spiro atoms. The van der Waals surface area contributed by atoms with E-state index in [9.17, 15) is 4.79 Å². The monoisotopic (exact) mass is 248 g/mol. The quantitative estimate of drug-likeness (QED) is 0.832. The molecule has 4 heteroatoms. The summed E-state index contributed by atoms with van der Waals surface area (Å²) in [7, 11) is 1.86. The normalized spacial score (nSPS) is 10.7. The molecule has 0 atom stereocenters. The lowest BCUT2D eigenvalue weighted by atomic mass is 10.2. The fraction of sp³-hybridized carbons (Fsp3) is 0.385. The van der Waals surface area contributed by atoms with Gasteiger partial charge in [-0.2, -0.15) is 0 Å². The zero-order valence-corrected chi connectivity index (χ0v) is 11.0. The number of carbonyl (C=O) groups excluding carboxylic acids is 1. The lowest BCUT2D eigenvalue weighted by Crippen LogP contribution is -2.27. The maximum absolute atomic E-state index is 12.1. The third-order valence-electron chi connectivity index (χ3n) is 2.77. The van der Waals surface area contributed by atoms with E-state index in [2.05, 4.69) is 11.9 Å². The van der Waals surface area contributed by atoms with Crippen molar-refractivity contribution in [2.45, 2.75) is 19.8 Å². The van der Waals surface area contributed by atoms with Crippen molar-refractivity contribution in [2.24, 2.45) is 0 Å². The fourth-order valence-corrected chi connectivity index (χ4v) is 2.42. The van der Waals surface area contributed by atoms with Gasteiger partial charge in [-0.25, -0.2) is 4.98 Å². The summed E-state index contributed by atoms with van der Waals surface area (Å²) in [6.07, 6.45) is 2.15. The van der Waals surface area contributed by atoms with Crippen LogP contribution in [0.3, 0.4) is 0 Å². The molecule has 0 radical (unpaired) electrons. The molecule has 0 aliphatic rings. The summed E-state index contributed by atoms with van der Waals surface area (Å²) in [6, 6.07) is 5.69. The maximum Gasteiger partial charge on any atom is 0.253 e. The number of amides is 1. The number of thiazole rings is 1. The second-order valence-electron chi connectivity index (χ2n) is 4.12. The number of hydrogen-bond acceptors (Lipinski definition) is 3. The van der Waals surface area contributed by atoms with Crippen molar-refractivity contribution >= 4 is 27.5 Å². The molecule has 2 aromatic rings. The Hall–Kier alpha value is -1.42. The average Bonchev–Trinajstić information content (AvgIpc) is 2.81. The first kappa shape index (κ1) is 12.0. The van der Waals surface area contributed by atoms with Crippen LogP contribution in [-0.4, -0.2) is 29.4 Å². The standard InChI is InChI=1S/C13H16N2OS/c1-3-4-7-15(2)13(16)10-5-6-11-12(8-10)17-9-14-11/h5-6,8-9H,3-4,7H2,1-2H3. The van der Waals surface area contributed by atoms with E-state index in [1.807, 2.05) is 25.2 Å². The molecule has 90 valence electrons. The number of aromatic nitrogens is 1. The van der Waals surface area contributed by atoms with Crippen molar-refractivity contribution in [1.82, 2.24) is 9.88 Å². The van der Waals surface area contributed by atoms with Crippen LogP contribution in [0.15, 0.2) is 23.7 Å². The van der Waals surface area contributed by atoms with Crippen molar-refractivity contribution in [3.8, 4) is 0 Å². The third kappa shape index (κ3) is 2.64. The molecule has 1 aromatic heterocycles. The molecule has 0 fully saturated rings. The van der Waals surface area contributed by atoms with E-state index < -0.39 is 0 Å². The van der Waals surface area contributed by atoms with Crippen LogP contribution in [0.4, 0.5) is 0 Å². The second-order valence-corrected chi connectivity index (χ2v) is 5.00. The van der Waals surface area contributed by atoms with Crippen molar-refractivity contribution in [3.05, 3.63) is 29.3 Å². The molecule has 1 aromatic carbocycles. The largest absolute Gasteiger partial charge is 0.342 e. The smallest absolute Gasteiger partial charge is 0.253 e. The molecule has 0 unspecified atom stereocenters. The predicted molar refractivity (Wildman–Crippen MR) is 71.5 cm³/mol. The average molecular weight is 248 g/mol. The van der Waals surface area contributed by atoms with Crippen molar-refractivity contribution in [1.29, 1.82) is 0 Å². The summed E-state index contributed by atoms with van der Waals surface area (Å²) < 4.78 is 1.07. The van der Waals surface area contributed by atoms with E-state index in [4.69, 9.17) is 0 Å². The minimum Gasteiger partial charge on any atom is -0.342 e. The van der Waals surface area contributed by atoms with Gasteiger partial charge in [0.2, 0.25) is 0 Å². The number of nitrogens with zero attached hydrogens (tertiary/aromatic N) is 2. The van der Waals surface area contributed by atoms with Gasteiger partial charge in [0.25, 0.3) is 5.91 Å². The maximum atomic E-state index is 12.1. The highest BCUT2D eigenvalue weighted by Gasteiger charge is 2.11. The first-order valence-corrected chi connectivity index (χ1v) is 6.69. The fourth-order valence-electron chi connectivity index (χ4n) is 1.71. The topological polar surface area (TPSA) is 33.2 Å². The Labute approximate surface area is 105 Å². The molecular weight excluding hydrogens is 232 g/mol. The van der Waals surface area contributed by atoms with Gasteiger partial charge in [0, 0.05) is 19.2 Å². The highest BCUT2D eigenvalue weighted by Crippen LogP contribution is 2.19. The molecule has 0 saturated heterocycles. The molecular formula is C13H16N2OS. The SMILES string of the molecule is CCCCN(C)C(=O)c1ccc2ncsc2c1. The zero-order chi connectivity index (χ0) is 12.3. The summed E-state index contributed by atoms with van der Waals surface area (Å²) in [5.41, 5.74) is 3.52. The number of rotatable bonds is 4. The summed E-state index contributed by atoms with van der Waals surface area (Å²) >= 11 is 1.57. The van der Waals surface area contributed by atoms with Gasteiger partial charge in [0.05, 0.1) is 15.7 Å². The van der Waals surface area contributed by atoms with Gasteiger partial charge in [-0.1, -0.05) is 13.3 Å². The van der Waals surface area contributed by atoms with Gasteiger partial charge in [-0.3, -0.25) is 4.79 Å². The van der Waals surface area contributed by atoms with Gasteiger partial charge < -0.3 is 4.90 Å². The van der Waals surface area contributed by atoms with E-state index in [1.165, 1.54) is 0 Å². The molecule has 0 aliphatic heterocycles. The molecule has 1 heterocycles. The minimum absolute atomic E-state index is 0.0914. The molecule has 2 rings (SSSR count). The van der Waals surface area contributed by atoms with Crippen LogP contribution >= 0.6 is 11.3 Å². The molecule has 1 amide bonds. The minimum atomic E-state index is 0.0914. The molecule has 0 saturated carbocycles. The highest BCUT2D eigenvalue weighted by atomic mass is 32.1. The number of carbonyl (C=O) groups is 1. The predicted octanol–water partition coefficient (Wildman–Crippen LogP) is 3.17. The third-order valence-corrected chi connectivity index (χ3v) is 3.56. The first-order chi connectivity index (χ1) is 8.22. The number of unbranched alkanes of at least 4 members (excludes halogenated alkanes) is 1. The first-order valence-electron chi connectivity index (χ1n) is 5.81. The number of hydrogen-bond donors (Lipinski definition) is 0. The van der Waals surface area contributed by atoms with Crippen LogP contribution in [0.25, 0.3) is 10.2 Å². The van der Waals surface area contributed by atoms with Gasteiger partial charge in [-0.05, 0) is 24.6 Å². The Morgan fingerprint density at radius 2 is 2.29 bits per heavy atom. The lowest BCUT2D eigenvalue weighted by molar-refractivity contribution is 0.0793. The summed E-state index contributed by atoms with van der Waals surface area (Å²) in [5.74, 6) is 0.0914. The molecule has 0 N–H and O–H groups in total. The number of benzene rings is 1. The van der Waals surface area contributed by atoms with E-state index in [0.717, 1.165) is 35.2 Å². The van der Waals surface area contributed by atoms with Gasteiger partial charge >= 0.3 is 0 Å². The van der Waals surface area contributed by atoms with Gasteiger partial charge in [0.1, 0.15) is 0 Å². The second kappa shape index (κ2) is 5.27. The Morgan fingerprint density at radius 1 is 1.47 bits per heavy atom. The van der Waals surface area contributed by atoms with Crippen LogP contribution in [0.5, 0.6) is 0 Å². The Bertz CT molecular complexity index is 521. The van der Waals surface area contributed by atoms with Gasteiger partial charge in [-0.15, -0.1) is 11.3 Å². The van der Waals surface area contributed by atoms with Crippen molar-refractivity contribution < 1.29 is 4.79 Å². The highest BCUT2D eigenvalue weighted by molar-refractivity contribution is 7.16. The summed E-state index contributed by atoms with van der Waals surface area (Å²) in [6.45, 7) is 2.94. The van der Waals surface area contributed by atoms with E-state index in [-0.39, 0.29) is 5.91 Å². The van der Waals surface area contributed by atoms with E-state index in [0.29, 0.717) is 0 Å². The van der Waals surface area contributed by atoms with Crippen LogP contribution < -0.4 is 0 Å². The van der Waals surface area contributed by atoms with Crippen LogP contribution in [-0.2, 0) is 0 Å². The van der Waals surface area contributed by atoms with Crippen molar-refractivity contribution in [2.75, 3.05) is 13.6 Å². The van der Waals surface area contributed by atoms with Crippen LogP contribution in [0.2, 0.25) is 0 Å². The number of fused-ring (bicyclic) bond motifs is 1. The Balaban J connectivity index is 2.17. The van der Waals surface area contributed by atoms with Crippen LogP contribution in [0.1, 0.15) is 30.1 Å².